The van der Waals surface area contributed by atoms with E-state index in [1.54, 1.807) is 0 Å². The predicted molar refractivity (Wildman–Crippen MR) is 88.2 cm³/mol. The average molecular weight is 388 g/mol. The zero-order valence-electron chi connectivity index (χ0n) is 11.6. The van der Waals surface area contributed by atoms with Gasteiger partial charge in [-0.05, 0) is 67.3 Å². The van der Waals surface area contributed by atoms with Crippen molar-refractivity contribution in [3.63, 3.8) is 0 Å². The maximum Gasteiger partial charge on any atom is 0.266 e. The summed E-state index contributed by atoms with van der Waals surface area (Å²) in [5.41, 5.74) is -0.0326. The van der Waals surface area contributed by atoms with Gasteiger partial charge in [0.1, 0.15) is 9.39 Å². The number of likely N-dealkylation sites (tertiary alicyclic amines) is 1. The zero-order valence-corrected chi connectivity index (χ0v) is 13.8. The summed E-state index contributed by atoms with van der Waals surface area (Å²) in [4.78, 5) is 23.5. The molecule has 0 bridgehead atoms. The fourth-order valence-corrected chi connectivity index (χ4v) is 3.89. The number of aromatic nitrogens is 2. The van der Waals surface area contributed by atoms with Crippen molar-refractivity contribution in [3.05, 3.63) is 20.3 Å². The SMILES string of the molecule is O=c1[nH]cnc(N2CCC(CN3CCCC3)CC2)c1I. The highest BCUT2D eigenvalue weighted by atomic mass is 127. The van der Waals surface area contributed by atoms with Gasteiger partial charge in [0.25, 0.3) is 5.56 Å². The van der Waals surface area contributed by atoms with E-state index in [0.29, 0.717) is 3.57 Å². The van der Waals surface area contributed by atoms with Gasteiger partial charge in [-0.3, -0.25) is 4.79 Å². The van der Waals surface area contributed by atoms with Crippen molar-refractivity contribution in [2.75, 3.05) is 37.6 Å². The Morgan fingerprint density at radius 2 is 1.95 bits per heavy atom. The minimum Gasteiger partial charge on any atom is -0.355 e. The Hall–Kier alpha value is -0.630. The number of aromatic amines is 1. The van der Waals surface area contributed by atoms with Gasteiger partial charge in [0.05, 0.1) is 6.33 Å². The van der Waals surface area contributed by atoms with Crippen molar-refractivity contribution in [3.8, 4) is 0 Å². The Balaban J connectivity index is 1.58. The largest absolute Gasteiger partial charge is 0.355 e. The molecule has 20 heavy (non-hydrogen) atoms. The second-order valence-corrected chi connectivity index (χ2v) is 6.89. The summed E-state index contributed by atoms with van der Waals surface area (Å²) < 4.78 is 0.711. The van der Waals surface area contributed by atoms with Crippen molar-refractivity contribution >= 4 is 28.4 Å². The topological polar surface area (TPSA) is 52.2 Å². The molecule has 3 heterocycles. The number of rotatable bonds is 3. The van der Waals surface area contributed by atoms with Crippen LogP contribution in [0.15, 0.2) is 11.1 Å². The lowest BCUT2D eigenvalue weighted by Gasteiger charge is -2.34. The summed E-state index contributed by atoms with van der Waals surface area (Å²) in [5.74, 6) is 1.66. The molecule has 6 heteroatoms. The van der Waals surface area contributed by atoms with E-state index in [-0.39, 0.29) is 5.56 Å². The quantitative estimate of drug-likeness (QED) is 0.801. The number of halogens is 1. The highest BCUT2D eigenvalue weighted by Crippen LogP contribution is 2.25. The molecule has 0 saturated carbocycles. The number of nitrogens with zero attached hydrogens (tertiary/aromatic N) is 3. The molecule has 0 unspecified atom stereocenters. The fourth-order valence-electron chi connectivity index (χ4n) is 3.25. The standard InChI is InChI=1S/C14H21IN4O/c15-12-13(16-10-17-14(12)20)19-7-3-11(4-8-19)9-18-5-1-2-6-18/h10-11H,1-9H2,(H,16,17,20). The van der Waals surface area contributed by atoms with Crippen molar-refractivity contribution in [2.45, 2.75) is 25.7 Å². The molecule has 0 amide bonds. The van der Waals surface area contributed by atoms with Crippen molar-refractivity contribution in [2.24, 2.45) is 5.92 Å². The van der Waals surface area contributed by atoms with Gasteiger partial charge >= 0.3 is 0 Å². The van der Waals surface area contributed by atoms with Crippen LogP contribution in [-0.4, -0.2) is 47.6 Å². The van der Waals surface area contributed by atoms with Gasteiger partial charge < -0.3 is 14.8 Å². The third kappa shape index (κ3) is 3.16. The maximum absolute atomic E-state index is 11.6. The highest BCUT2D eigenvalue weighted by molar-refractivity contribution is 14.1. The summed E-state index contributed by atoms with van der Waals surface area (Å²) >= 11 is 2.10. The number of H-pyrrole nitrogens is 1. The van der Waals surface area contributed by atoms with Gasteiger partial charge in [0.2, 0.25) is 0 Å². The predicted octanol–water partition coefficient (Wildman–Crippen LogP) is 1.69. The van der Waals surface area contributed by atoms with Crippen LogP contribution in [0, 0.1) is 9.49 Å². The summed E-state index contributed by atoms with van der Waals surface area (Å²) in [5, 5.41) is 0. The van der Waals surface area contributed by atoms with Crippen LogP contribution in [0.25, 0.3) is 0 Å². The Labute approximate surface area is 132 Å². The number of piperidine rings is 1. The molecule has 1 aromatic heterocycles. The van der Waals surface area contributed by atoms with Crippen LogP contribution >= 0.6 is 22.6 Å². The smallest absolute Gasteiger partial charge is 0.266 e. The lowest BCUT2D eigenvalue weighted by molar-refractivity contribution is 0.249. The molecule has 2 aliphatic heterocycles. The summed E-state index contributed by atoms with van der Waals surface area (Å²) in [6, 6.07) is 0. The van der Waals surface area contributed by atoms with Gasteiger partial charge in [-0.15, -0.1) is 0 Å². The molecule has 0 atom stereocenters. The first-order valence-electron chi connectivity index (χ1n) is 7.44. The molecular formula is C14H21IN4O. The number of nitrogens with one attached hydrogen (secondary N) is 1. The van der Waals surface area contributed by atoms with Gasteiger partial charge in [-0.25, -0.2) is 4.98 Å². The van der Waals surface area contributed by atoms with E-state index in [1.807, 2.05) is 0 Å². The molecule has 5 nitrogen and oxygen atoms in total. The zero-order chi connectivity index (χ0) is 13.9. The Morgan fingerprint density at radius 1 is 1.25 bits per heavy atom. The lowest BCUT2D eigenvalue weighted by Crippen LogP contribution is -2.39. The molecular weight excluding hydrogens is 367 g/mol. The average Bonchev–Trinajstić information content (AvgIpc) is 2.96. The van der Waals surface area contributed by atoms with Crippen LogP contribution < -0.4 is 10.5 Å². The number of anilines is 1. The third-order valence-corrected chi connectivity index (χ3v) is 5.38. The molecule has 3 rings (SSSR count). The molecule has 110 valence electrons. The molecule has 0 aromatic carbocycles. The first-order chi connectivity index (χ1) is 9.74. The maximum atomic E-state index is 11.6. The molecule has 2 aliphatic rings. The Kier molecular flexibility index (Phi) is 4.60. The van der Waals surface area contributed by atoms with E-state index in [2.05, 4.69) is 42.4 Å². The van der Waals surface area contributed by atoms with Crippen LogP contribution in [0.5, 0.6) is 0 Å². The van der Waals surface area contributed by atoms with Crippen LogP contribution in [0.3, 0.4) is 0 Å². The van der Waals surface area contributed by atoms with Crippen LogP contribution in [0.2, 0.25) is 0 Å². The van der Waals surface area contributed by atoms with Crippen LogP contribution in [0.4, 0.5) is 5.82 Å². The monoisotopic (exact) mass is 388 g/mol. The van der Waals surface area contributed by atoms with E-state index >= 15 is 0 Å². The molecule has 0 aliphatic carbocycles. The van der Waals surface area contributed by atoms with E-state index in [9.17, 15) is 4.79 Å². The highest BCUT2D eigenvalue weighted by Gasteiger charge is 2.24. The lowest BCUT2D eigenvalue weighted by atomic mass is 9.96. The molecule has 0 spiro atoms. The minimum absolute atomic E-state index is 0.0326. The summed E-state index contributed by atoms with van der Waals surface area (Å²) in [6.07, 6.45) is 6.67. The van der Waals surface area contributed by atoms with E-state index in [0.717, 1.165) is 24.8 Å². The fraction of sp³-hybridized carbons (Fsp3) is 0.714. The molecule has 1 N–H and O–H groups in total. The minimum atomic E-state index is -0.0326. The normalized spacial score (nSPS) is 21.6. The van der Waals surface area contributed by atoms with Crippen LogP contribution in [0.1, 0.15) is 25.7 Å². The van der Waals surface area contributed by atoms with Gasteiger partial charge in [-0.1, -0.05) is 0 Å². The van der Waals surface area contributed by atoms with E-state index in [4.69, 9.17) is 0 Å². The first-order valence-corrected chi connectivity index (χ1v) is 8.52. The number of hydrogen-bond donors (Lipinski definition) is 1. The van der Waals surface area contributed by atoms with Crippen molar-refractivity contribution in [1.82, 2.24) is 14.9 Å². The summed E-state index contributed by atoms with van der Waals surface area (Å²) in [7, 11) is 0. The van der Waals surface area contributed by atoms with E-state index in [1.165, 1.54) is 51.6 Å². The third-order valence-electron chi connectivity index (χ3n) is 4.41. The second kappa shape index (κ2) is 6.43. The van der Waals surface area contributed by atoms with E-state index < -0.39 is 0 Å². The molecule has 2 saturated heterocycles. The molecule has 0 radical (unpaired) electrons. The number of hydrogen-bond acceptors (Lipinski definition) is 4. The Bertz CT molecular complexity index is 504. The molecule has 2 fully saturated rings. The Morgan fingerprint density at radius 3 is 2.65 bits per heavy atom. The van der Waals surface area contributed by atoms with Crippen molar-refractivity contribution in [1.29, 1.82) is 0 Å². The molecule has 1 aromatic rings. The van der Waals surface area contributed by atoms with Gasteiger partial charge in [0, 0.05) is 19.6 Å². The summed E-state index contributed by atoms with van der Waals surface area (Å²) in [6.45, 7) is 5.87. The van der Waals surface area contributed by atoms with Gasteiger partial charge in [0.15, 0.2) is 0 Å². The first kappa shape index (κ1) is 14.3. The van der Waals surface area contributed by atoms with Crippen molar-refractivity contribution < 1.29 is 0 Å². The van der Waals surface area contributed by atoms with Gasteiger partial charge in [-0.2, -0.15) is 0 Å². The second-order valence-electron chi connectivity index (χ2n) is 5.81. The van der Waals surface area contributed by atoms with Crippen LogP contribution in [-0.2, 0) is 0 Å².